The summed E-state index contributed by atoms with van der Waals surface area (Å²) in [7, 11) is 0. The molecule has 0 aliphatic carbocycles. The van der Waals surface area contributed by atoms with Crippen LogP contribution in [0.15, 0.2) is 4.99 Å². The van der Waals surface area contributed by atoms with E-state index in [1.54, 1.807) is 0 Å². The molecule has 3 radical (unpaired) electrons. The fourth-order valence-electron chi connectivity index (χ4n) is 0.517. The SMILES string of the molecule is FC(F)(F)CC1[C]S[C]=N1. The lowest BCUT2D eigenvalue weighted by molar-refractivity contribution is -0.135. The van der Waals surface area contributed by atoms with Gasteiger partial charge in [-0.15, -0.1) is 0 Å². The molecule has 1 heterocycles. The second-order valence-corrected chi connectivity index (χ2v) is 2.40. The molecule has 1 aliphatic heterocycles. The fourth-order valence-corrected chi connectivity index (χ4v) is 1.02. The average molecular weight is 166 g/mol. The van der Waals surface area contributed by atoms with E-state index in [1.165, 1.54) is 0 Å². The topological polar surface area (TPSA) is 12.4 Å². The highest BCUT2D eigenvalue weighted by atomic mass is 32.2. The summed E-state index contributed by atoms with van der Waals surface area (Å²) in [5.74, 6) is 2.43. The van der Waals surface area contributed by atoms with E-state index in [9.17, 15) is 13.2 Å². The summed E-state index contributed by atoms with van der Waals surface area (Å²) in [6, 6.07) is -0.843. The smallest absolute Gasteiger partial charge is 0.270 e. The second kappa shape index (κ2) is 2.82. The zero-order valence-electron chi connectivity index (χ0n) is 4.77. The third-order valence-corrected chi connectivity index (χ3v) is 1.46. The number of halogens is 3. The fraction of sp³-hybridized carbons (Fsp3) is 0.600. The molecule has 0 spiro atoms. The molecule has 1 unspecified atom stereocenters. The summed E-state index contributed by atoms with van der Waals surface area (Å²) in [4.78, 5) is 3.40. The molecule has 0 aromatic carbocycles. The Kier molecular flexibility index (Phi) is 2.23. The van der Waals surface area contributed by atoms with Gasteiger partial charge in [0.1, 0.15) is 5.55 Å². The Hall–Kier alpha value is -0.190. The minimum Gasteiger partial charge on any atom is -0.270 e. The van der Waals surface area contributed by atoms with E-state index < -0.39 is 18.6 Å². The normalized spacial score (nSPS) is 25.7. The third kappa shape index (κ3) is 2.60. The minimum absolute atomic E-state index is 0.843. The van der Waals surface area contributed by atoms with Crippen molar-refractivity contribution in [3.63, 3.8) is 0 Å². The summed E-state index contributed by atoms with van der Waals surface area (Å²) >= 11 is 0.956. The molecule has 55 valence electrons. The van der Waals surface area contributed by atoms with Crippen LogP contribution in [-0.2, 0) is 0 Å². The number of hydrogen-bond donors (Lipinski definition) is 0. The highest BCUT2D eigenvalue weighted by molar-refractivity contribution is 8.14. The zero-order valence-corrected chi connectivity index (χ0v) is 5.59. The molecular formula is C5H3F3NS. The van der Waals surface area contributed by atoms with Gasteiger partial charge in [-0.3, -0.25) is 4.99 Å². The third-order valence-electron chi connectivity index (χ3n) is 0.874. The quantitative estimate of drug-likeness (QED) is 0.580. The molecule has 1 rings (SSSR count). The van der Waals surface area contributed by atoms with Gasteiger partial charge in [0.15, 0.2) is 0 Å². The Morgan fingerprint density at radius 1 is 1.50 bits per heavy atom. The first kappa shape index (κ1) is 7.91. The molecule has 1 aliphatic rings. The van der Waals surface area contributed by atoms with Crippen LogP contribution in [0, 0.1) is 5.75 Å². The molecule has 0 bridgehead atoms. The first-order chi connectivity index (χ1) is 4.58. The largest absolute Gasteiger partial charge is 0.391 e. The number of nitrogens with zero attached hydrogens (tertiary/aromatic N) is 1. The first-order valence-corrected chi connectivity index (χ1v) is 3.32. The number of aliphatic imine (C=N–C) groups is 1. The van der Waals surface area contributed by atoms with Gasteiger partial charge >= 0.3 is 6.18 Å². The Morgan fingerprint density at radius 2 is 2.20 bits per heavy atom. The van der Waals surface area contributed by atoms with Crippen LogP contribution >= 0.6 is 11.8 Å². The first-order valence-electron chi connectivity index (χ1n) is 2.51. The lowest BCUT2D eigenvalue weighted by Gasteiger charge is -2.07. The molecule has 0 fully saturated rings. The van der Waals surface area contributed by atoms with Crippen LogP contribution in [0.4, 0.5) is 13.2 Å². The number of alkyl halides is 3. The highest BCUT2D eigenvalue weighted by Crippen LogP contribution is 2.28. The van der Waals surface area contributed by atoms with Crippen LogP contribution in [0.3, 0.4) is 0 Å². The molecule has 10 heavy (non-hydrogen) atoms. The molecule has 0 saturated heterocycles. The standard InChI is InChI=1S/C5H3F3NS/c6-5(7,8)1-4-2-10-3-9-4/h4H,1H2. The van der Waals surface area contributed by atoms with E-state index in [0.29, 0.717) is 0 Å². The maximum atomic E-state index is 11.6. The predicted octanol–water partition coefficient (Wildman–Crippen LogP) is 2.00. The van der Waals surface area contributed by atoms with Crippen molar-refractivity contribution in [3.8, 4) is 0 Å². The van der Waals surface area contributed by atoms with Gasteiger partial charge in [-0.05, 0) is 0 Å². The van der Waals surface area contributed by atoms with E-state index in [2.05, 4.69) is 16.3 Å². The van der Waals surface area contributed by atoms with Crippen molar-refractivity contribution >= 4 is 17.3 Å². The maximum Gasteiger partial charge on any atom is 0.391 e. The van der Waals surface area contributed by atoms with Crippen molar-refractivity contribution in [3.05, 3.63) is 5.75 Å². The van der Waals surface area contributed by atoms with Crippen LogP contribution in [0.25, 0.3) is 0 Å². The molecule has 0 amide bonds. The molecule has 0 saturated carbocycles. The van der Waals surface area contributed by atoms with Gasteiger partial charge in [0.2, 0.25) is 0 Å². The van der Waals surface area contributed by atoms with Crippen molar-refractivity contribution in [2.75, 3.05) is 0 Å². The Labute approximate surface area is 60.7 Å². The van der Waals surface area contributed by atoms with Gasteiger partial charge in [-0.1, -0.05) is 11.8 Å². The van der Waals surface area contributed by atoms with Crippen LogP contribution in [0.1, 0.15) is 6.42 Å². The van der Waals surface area contributed by atoms with Gasteiger partial charge in [0.05, 0.1) is 18.2 Å². The summed E-state index contributed by atoms with van der Waals surface area (Å²) < 4.78 is 34.7. The summed E-state index contributed by atoms with van der Waals surface area (Å²) in [6.45, 7) is 0. The van der Waals surface area contributed by atoms with Crippen molar-refractivity contribution in [1.29, 1.82) is 0 Å². The Morgan fingerprint density at radius 3 is 2.60 bits per heavy atom. The number of hydrogen-bond acceptors (Lipinski definition) is 2. The van der Waals surface area contributed by atoms with Crippen molar-refractivity contribution in [1.82, 2.24) is 0 Å². The van der Waals surface area contributed by atoms with E-state index in [0.717, 1.165) is 11.8 Å². The number of thioether (sulfide) groups is 1. The molecule has 1 nitrogen and oxygen atoms in total. The average Bonchev–Trinajstić information content (AvgIpc) is 2.12. The van der Waals surface area contributed by atoms with E-state index in [4.69, 9.17) is 0 Å². The zero-order chi connectivity index (χ0) is 7.61. The molecular weight excluding hydrogens is 163 g/mol. The Balaban J connectivity index is 2.31. The lowest BCUT2D eigenvalue weighted by Crippen LogP contribution is -2.15. The van der Waals surface area contributed by atoms with Crippen LogP contribution < -0.4 is 0 Å². The molecule has 1 atom stereocenters. The second-order valence-electron chi connectivity index (χ2n) is 1.78. The predicted molar refractivity (Wildman–Crippen MR) is 32.7 cm³/mol. The summed E-state index contributed by atoms with van der Waals surface area (Å²) in [5, 5.41) is 0. The van der Waals surface area contributed by atoms with Gasteiger partial charge < -0.3 is 0 Å². The lowest BCUT2D eigenvalue weighted by atomic mass is 10.2. The van der Waals surface area contributed by atoms with Crippen molar-refractivity contribution < 1.29 is 13.2 Å². The van der Waals surface area contributed by atoms with Crippen molar-refractivity contribution in [2.45, 2.75) is 18.6 Å². The minimum atomic E-state index is -4.15. The molecule has 5 heteroatoms. The number of rotatable bonds is 1. The molecule has 0 aromatic rings. The van der Waals surface area contributed by atoms with Crippen LogP contribution in [-0.4, -0.2) is 17.8 Å². The van der Waals surface area contributed by atoms with E-state index >= 15 is 0 Å². The van der Waals surface area contributed by atoms with Crippen LogP contribution in [0.2, 0.25) is 0 Å². The summed E-state index contributed by atoms with van der Waals surface area (Å²) in [5.41, 5.74) is 2.33. The molecule has 0 N–H and O–H groups in total. The summed E-state index contributed by atoms with van der Waals surface area (Å²) in [6.07, 6.45) is -5.07. The van der Waals surface area contributed by atoms with Crippen molar-refractivity contribution in [2.24, 2.45) is 4.99 Å². The van der Waals surface area contributed by atoms with Gasteiger partial charge in [0.25, 0.3) is 0 Å². The maximum absolute atomic E-state index is 11.6. The monoisotopic (exact) mass is 166 g/mol. The van der Waals surface area contributed by atoms with Gasteiger partial charge in [-0.25, -0.2) is 0 Å². The highest BCUT2D eigenvalue weighted by Gasteiger charge is 2.33. The Bertz CT molecular complexity index is 142. The van der Waals surface area contributed by atoms with Gasteiger partial charge in [-0.2, -0.15) is 13.2 Å². The van der Waals surface area contributed by atoms with Crippen LogP contribution in [0.5, 0.6) is 0 Å². The van der Waals surface area contributed by atoms with Gasteiger partial charge in [0, 0.05) is 0 Å². The molecule has 0 aromatic heterocycles. The van der Waals surface area contributed by atoms with E-state index in [1.807, 2.05) is 0 Å². The van der Waals surface area contributed by atoms with E-state index in [-0.39, 0.29) is 0 Å².